The fourth-order valence-electron chi connectivity index (χ4n) is 1.55. The van der Waals surface area contributed by atoms with Crippen molar-refractivity contribution in [2.45, 2.75) is 0 Å². The van der Waals surface area contributed by atoms with Gasteiger partial charge in [0.05, 0.1) is 16.9 Å². The molecule has 0 aliphatic rings. The van der Waals surface area contributed by atoms with Gasteiger partial charge in [-0.15, -0.1) is 5.11 Å². The molecule has 2 amide bonds. The van der Waals surface area contributed by atoms with Crippen LogP contribution in [0.1, 0.15) is 5.56 Å². The number of hydrazone groups is 1. The van der Waals surface area contributed by atoms with Crippen molar-refractivity contribution < 1.29 is 9.90 Å². The molecule has 0 spiro atoms. The van der Waals surface area contributed by atoms with Crippen LogP contribution in [0.4, 0.5) is 16.2 Å². The largest absolute Gasteiger partial charge is 0.507 e. The van der Waals surface area contributed by atoms with Gasteiger partial charge in [-0.2, -0.15) is 10.2 Å². The zero-order valence-electron chi connectivity index (χ0n) is 11.6. The van der Waals surface area contributed by atoms with E-state index in [2.05, 4.69) is 15.3 Å². The summed E-state index contributed by atoms with van der Waals surface area (Å²) < 4.78 is 0. The molecule has 0 saturated carbocycles. The maximum atomic E-state index is 10.5. The molecule has 2 aromatic carbocycles. The second kappa shape index (κ2) is 7.57. The van der Waals surface area contributed by atoms with Crippen molar-refractivity contribution in [1.29, 1.82) is 0 Å². The molecular weight excluding hydrogens is 341 g/mol. The molecule has 0 aliphatic heterocycles. The molecule has 2 aromatic rings. The molecule has 4 N–H and O–H groups in total. The summed E-state index contributed by atoms with van der Waals surface area (Å²) >= 11 is 11.9. The number of rotatable bonds is 4. The first kappa shape index (κ1) is 16.7. The van der Waals surface area contributed by atoms with Crippen LogP contribution >= 0.6 is 23.2 Å². The van der Waals surface area contributed by atoms with E-state index in [1.807, 2.05) is 5.43 Å². The lowest BCUT2D eigenvalue weighted by Gasteiger charge is -2.01. The van der Waals surface area contributed by atoms with Crippen LogP contribution in [0.25, 0.3) is 0 Å². The highest BCUT2D eigenvalue weighted by molar-refractivity contribution is 6.35. The minimum Gasteiger partial charge on any atom is -0.507 e. The Labute approximate surface area is 141 Å². The number of urea groups is 1. The number of hydrogen-bond acceptors (Lipinski definition) is 5. The molecule has 2 rings (SSSR count). The molecule has 0 atom stereocenters. The maximum Gasteiger partial charge on any atom is 0.332 e. The van der Waals surface area contributed by atoms with Crippen molar-refractivity contribution in [1.82, 2.24) is 5.43 Å². The predicted octanol–water partition coefficient (Wildman–Crippen LogP) is 4.12. The lowest BCUT2D eigenvalue weighted by molar-refractivity contribution is 0.249. The van der Waals surface area contributed by atoms with E-state index < -0.39 is 6.03 Å². The summed E-state index contributed by atoms with van der Waals surface area (Å²) in [6.07, 6.45) is 1.23. The number of phenols is 1. The number of nitrogens with zero attached hydrogens (tertiary/aromatic N) is 3. The molecule has 0 unspecified atom stereocenters. The van der Waals surface area contributed by atoms with Gasteiger partial charge in [0, 0.05) is 10.6 Å². The van der Waals surface area contributed by atoms with E-state index >= 15 is 0 Å². The summed E-state index contributed by atoms with van der Waals surface area (Å²) in [7, 11) is 0. The van der Waals surface area contributed by atoms with Gasteiger partial charge in [0.1, 0.15) is 11.4 Å². The summed E-state index contributed by atoms with van der Waals surface area (Å²) in [6, 6.07) is 8.51. The molecule has 7 nitrogen and oxygen atoms in total. The number of amides is 2. The quantitative estimate of drug-likeness (QED) is 0.437. The molecule has 0 radical (unpaired) electrons. The minimum absolute atomic E-state index is 0.0419. The number of nitrogens with one attached hydrogen (secondary N) is 1. The minimum atomic E-state index is -0.813. The standard InChI is InChI=1S/C14H11Cl2N5O2/c15-9-1-3-11(16)12(6-9)20-19-10-2-4-13(22)8(5-10)7-18-21-14(17)23/h1-7,22H,(H3,17,21,23). The van der Waals surface area contributed by atoms with Crippen molar-refractivity contribution in [3.63, 3.8) is 0 Å². The number of nitrogens with two attached hydrogens (primary N) is 1. The maximum absolute atomic E-state index is 10.5. The molecule has 23 heavy (non-hydrogen) atoms. The fraction of sp³-hybridized carbons (Fsp3) is 0. The average molecular weight is 352 g/mol. The van der Waals surface area contributed by atoms with Crippen LogP contribution in [0, 0.1) is 0 Å². The first-order chi connectivity index (χ1) is 11.0. The van der Waals surface area contributed by atoms with Crippen molar-refractivity contribution >= 4 is 46.8 Å². The number of primary amides is 1. The number of carbonyl (C=O) groups is 1. The summed E-state index contributed by atoms with van der Waals surface area (Å²) in [5.41, 5.74) is 8.09. The van der Waals surface area contributed by atoms with Crippen LogP contribution in [-0.2, 0) is 0 Å². The predicted molar refractivity (Wildman–Crippen MR) is 89.1 cm³/mol. The first-order valence-corrected chi connectivity index (χ1v) is 6.99. The van der Waals surface area contributed by atoms with Crippen molar-refractivity contribution in [3.05, 3.63) is 52.0 Å². The van der Waals surface area contributed by atoms with Gasteiger partial charge in [-0.25, -0.2) is 10.2 Å². The number of azo groups is 1. The average Bonchev–Trinajstić information content (AvgIpc) is 2.50. The zero-order chi connectivity index (χ0) is 16.8. The van der Waals surface area contributed by atoms with Gasteiger partial charge in [0.15, 0.2) is 0 Å². The summed E-state index contributed by atoms with van der Waals surface area (Å²) in [4.78, 5) is 10.5. The lowest BCUT2D eigenvalue weighted by Crippen LogP contribution is -2.24. The normalized spacial score (nSPS) is 11.2. The van der Waals surface area contributed by atoms with Crippen LogP contribution in [0.15, 0.2) is 51.7 Å². The van der Waals surface area contributed by atoms with E-state index in [1.54, 1.807) is 24.3 Å². The summed E-state index contributed by atoms with van der Waals surface area (Å²) in [5.74, 6) is -0.0419. The molecule has 0 bridgehead atoms. The van der Waals surface area contributed by atoms with Crippen molar-refractivity contribution in [3.8, 4) is 5.75 Å². The Bertz CT molecular complexity index is 793. The third-order valence-corrected chi connectivity index (χ3v) is 3.13. The summed E-state index contributed by atoms with van der Waals surface area (Å²) in [5, 5.41) is 22.2. The second-order valence-electron chi connectivity index (χ2n) is 4.27. The van der Waals surface area contributed by atoms with Gasteiger partial charge >= 0.3 is 6.03 Å². The Hall–Kier alpha value is -2.64. The smallest absolute Gasteiger partial charge is 0.332 e. The number of benzene rings is 2. The molecule has 0 saturated heterocycles. The molecule has 118 valence electrons. The topological polar surface area (TPSA) is 112 Å². The van der Waals surface area contributed by atoms with Gasteiger partial charge < -0.3 is 10.8 Å². The van der Waals surface area contributed by atoms with E-state index in [0.29, 0.717) is 27.0 Å². The monoisotopic (exact) mass is 351 g/mol. The van der Waals surface area contributed by atoms with E-state index in [-0.39, 0.29) is 5.75 Å². The third kappa shape index (κ3) is 4.94. The van der Waals surface area contributed by atoms with Crippen LogP contribution < -0.4 is 11.2 Å². The van der Waals surface area contributed by atoms with E-state index in [4.69, 9.17) is 28.9 Å². The fourth-order valence-corrected chi connectivity index (χ4v) is 1.87. The van der Waals surface area contributed by atoms with Gasteiger partial charge in [-0.1, -0.05) is 23.2 Å². The Kier molecular flexibility index (Phi) is 5.51. The first-order valence-electron chi connectivity index (χ1n) is 6.24. The molecule has 9 heteroatoms. The Morgan fingerprint density at radius 3 is 2.70 bits per heavy atom. The molecule has 0 aliphatic carbocycles. The van der Waals surface area contributed by atoms with E-state index in [0.717, 1.165) is 0 Å². The van der Waals surface area contributed by atoms with Crippen molar-refractivity contribution in [2.24, 2.45) is 21.1 Å². The van der Waals surface area contributed by atoms with Crippen LogP contribution in [0.5, 0.6) is 5.75 Å². The van der Waals surface area contributed by atoms with Crippen molar-refractivity contribution in [2.75, 3.05) is 0 Å². The SMILES string of the molecule is NC(=O)NN=Cc1cc(N=Nc2cc(Cl)ccc2Cl)ccc1O. The number of phenolic OH excluding ortho intramolecular Hbond substituents is 1. The Balaban J connectivity index is 2.23. The van der Waals surface area contributed by atoms with Crippen LogP contribution in [0.2, 0.25) is 10.0 Å². The zero-order valence-corrected chi connectivity index (χ0v) is 13.1. The highest BCUT2D eigenvalue weighted by atomic mass is 35.5. The van der Waals surface area contributed by atoms with E-state index in [1.165, 1.54) is 18.3 Å². The van der Waals surface area contributed by atoms with Crippen LogP contribution in [-0.4, -0.2) is 17.4 Å². The Morgan fingerprint density at radius 2 is 1.96 bits per heavy atom. The molecule has 0 heterocycles. The highest BCUT2D eigenvalue weighted by Gasteiger charge is 2.02. The highest BCUT2D eigenvalue weighted by Crippen LogP contribution is 2.30. The van der Waals surface area contributed by atoms with Gasteiger partial charge in [-0.05, 0) is 36.4 Å². The second-order valence-corrected chi connectivity index (χ2v) is 5.12. The molecule has 0 fully saturated rings. The molecular formula is C14H11Cl2N5O2. The van der Waals surface area contributed by atoms with Gasteiger partial charge in [0.2, 0.25) is 0 Å². The lowest BCUT2D eigenvalue weighted by atomic mass is 10.2. The Morgan fingerprint density at radius 1 is 1.17 bits per heavy atom. The number of hydrogen-bond donors (Lipinski definition) is 3. The number of halogens is 2. The van der Waals surface area contributed by atoms with Gasteiger partial charge in [0.25, 0.3) is 0 Å². The molecule has 0 aromatic heterocycles. The third-order valence-electron chi connectivity index (χ3n) is 2.57. The van der Waals surface area contributed by atoms with Crippen LogP contribution in [0.3, 0.4) is 0 Å². The van der Waals surface area contributed by atoms with E-state index in [9.17, 15) is 9.90 Å². The van der Waals surface area contributed by atoms with Gasteiger partial charge in [-0.3, -0.25) is 0 Å². The number of aromatic hydroxyl groups is 1. The number of carbonyl (C=O) groups excluding carboxylic acids is 1. The summed E-state index contributed by atoms with van der Waals surface area (Å²) in [6.45, 7) is 0.